The van der Waals surface area contributed by atoms with E-state index in [1.807, 2.05) is 32.0 Å². The topological polar surface area (TPSA) is 47.3 Å². The highest BCUT2D eigenvalue weighted by atomic mass is 79.9. The first kappa shape index (κ1) is 13.9. The average Bonchev–Trinajstić information content (AvgIpc) is 2.23. The van der Waals surface area contributed by atoms with Crippen LogP contribution >= 0.6 is 27.5 Å². The number of hydrazine groups is 1. The number of hydrogen-bond acceptors (Lipinski definition) is 3. The van der Waals surface area contributed by atoms with E-state index in [0.717, 1.165) is 10.0 Å². The molecule has 3 N–H and O–H groups in total. The Morgan fingerprint density at radius 3 is 2.69 bits per heavy atom. The molecule has 1 unspecified atom stereocenters. The maximum atomic E-state index is 6.02. The first-order chi connectivity index (χ1) is 7.54. The third kappa shape index (κ3) is 4.03. The zero-order valence-corrected chi connectivity index (χ0v) is 11.7. The van der Waals surface area contributed by atoms with Crippen molar-refractivity contribution in [2.45, 2.75) is 26.0 Å². The predicted octanol–water partition coefficient (Wildman–Crippen LogP) is 3.03. The highest BCUT2D eigenvalue weighted by Crippen LogP contribution is 2.26. The molecular formula is C11H16BrClN2O. The minimum absolute atomic E-state index is 0.0481. The summed E-state index contributed by atoms with van der Waals surface area (Å²) in [6, 6.07) is 5.69. The Labute approximate surface area is 109 Å². The molecule has 5 heteroatoms. The molecule has 90 valence electrons. The highest BCUT2D eigenvalue weighted by Gasteiger charge is 2.12. The predicted molar refractivity (Wildman–Crippen MR) is 70.3 cm³/mol. The summed E-state index contributed by atoms with van der Waals surface area (Å²) < 4.78 is 6.40. The van der Waals surface area contributed by atoms with Gasteiger partial charge in [0, 0.05) is 4.47 Å². The summed E-state index contributed by atoms with van der Waals surface area (Å²) in [4.78, 5) is 0. The Morgan fingerprint density at radius 1 is 1.50 bits per heavy atom. The van der Waals surface area contributed by atoms with E-state index < -0.39 is 0 Å². The van der Waals surface area contributed by atoms with Crippen molar-refractivity contribution in [1.29, 1.82) is 0 Å². The Morgan fingerprint density at radius 2 is 2.19 bits per heavy atom. The molecule has 0 bridgehead atoms. The molecule has 1 aromatic carbocycles. The van der Waals surface area contributed by atoms with Crippen LogP contribution in [0, 0.1) is 0 Å². The van der Waals surface area contributed by atoms with Gasteiger partial charge in [-0.05, 0) is 47.5 Å². The Bertz CT molecular complexity index is 347. The van der Waals surface area contributed by atoms with E-state index in [2.05, 4.69) is 21.4 Å². The van der Waals surface area contributed by atoms with Crippen LogP contribution in [-0.2, 0) is 4.74 Å². The number of hydrogen-bond donors (Lipinski definition) is 2. The molecule has 1 rings (SSSR count). The van der Waals surface area contributed by atoms with Crippen molar-refractivity contribution < 1.29 is 4.74 Å². The number of nitrogens with two attached hydrogens (primary N) is 1. The fourth-order valence-corrected chi connectivity index (χ4v) is 1.69. The van der Waals surface area contributed by atoms with Crippen molar-refractivity contribution in [1.82, 2.24) is 5.43 Å². The van der Waals surface area contributed by atoms with Gasteiger partial charge in [-0.1, -0.05) is 17.7 Å². The zero-order valence-electron chi connectivity index (χ0n) is 9.34. The van der Waals surface area contributed by atoms with Crippen molar-refractivity contribution in [3.8, 4) is 0 Å². The molecule has 3 nitrogen and oxygen atoms in total. The van der Waals surface area contributed by atoms with Crippen LogP contribution in [0.4, 0.5) is 0 Å². The van der Waals surface area contributed by atoms with Gasteiger partial charge in [0.25, 0.3) is 0 Å². The standard InChI is InChI=1S/C11H16BrClN2O/c1-7(2)16-6-11(15-14)8-3-4-9(12)10(13)5-8/h3-5,7,11,15H,6,14H2,1-2H3. The minimum atomic E-state index is -0.0481. The van der Waals surface area contributed by atoms with E-state index in [4.69, 9.17) is 22.2 Å². The van der Waals surface area contributed by atoms with Crippen LogP contribution in [0.25, 0.3) is 0 Å². The second-order valence-corrected chi connectivity index (χ2v) is 5.04. The smallest absolute Gasteiger partial charge is 0.0694 e. The molecule has 1 aromatic rings. The molecule has 0 aliphatic heterocycles. The Hall–Kier alpha value is -0.130. The van der Waals surface area contributed by atoms with Crippen LogP contribution < -0.4 is 11.3 Å². The van der Waals surface area contributed by atoms with Gasteiger partial charge < -0.3 is 4.74 Å². The second kappa shape index (κ2) is 6.57. The Kier molecular flexibility index (Phi) is 5.72. The highest BCUT2D eigenvalue weighted by molar-refractivity contribution is 9.10. The third-order valence-corrected chi connectivity index (χ3v) is 3.38. The molecule has 16 heavy (non-hydrogen) atoms. The molecule has 0 radical (unpaired) electrons. The van der Waals surface area contributed by atoms with Gasteiger partial charge in [0.1, 0.15) is 0 Å². The van der Waals surface area contributed by atoms with Crippen LogP contribution in [0.3, 0.4) is 0 Å². The normalized spacial score (nSPS) is 13.1. The number of ether oxygens (including phenoxy) is 1. The van der Waals surface area contributed by atoms with Crippen molar-refractivity contribution in [2.24, 2.45) is 5.84 Å². The summed E-state index contributed by atoms with van der Waals surface area (Å²) in [6.07, 6.45) is 0.182. The van der Waals surface area contributed by atoms with Gasteiger partial charge >= 0.3 is 0 Å². The van der Waals surface area contributed by atoms with Crippen molar-refractivity contribution in [3.63, 3.8) is 0 Å². The third-order valence-electron chi connectivity index (χ3n) is 2.14. The number of benzene rings is 1. The first-order valence-corrected chi connectivity index (χ1v) is 6.24. The molecule has 1 atom stereocenters. The van der Waals surface area contributed by atoms with Crippen LogP contribution in [0.1, 0.15) is 25.5 Å². The van der Waals surface area contributed by atoms with E-state index in [0.29, 0.717) is 11.6 Å². The quantitative estimate of drug-likeness (QED) is 0.649. The summed E-state index contributed by atoms with van der Waals surface area (Å²) in [5.74, 6) is 5.49. The van der Waals surface area contributed by atoms with Gasteiger partial charge in [0.2, 0.25) is 0 Å². The van der Waals surface area contributed by atoms with Gasteiger partial charge in [0.05, 0.1) is 23.8 Å². The summed E-state index contributed by atoms with van der Waals surface area (Å²) in [5.41, 5.74) is 3.73. The molecule has 0 saturated heterocycles. The van der Waals surface area contributed by atoms with Crippen molar-refractivity contribution in [3.05, 3.63) is 33.3 Å². The van der Waals surface area contributed by atoms with E-state index in [1.54, 1.807) is 0 Å². The van der Waals surface area contributed by atoms with Gasteiger partial charge in [-0.3, -0.25) is 11.3 Å². The summed E-state index contributed by atoms with van der Waals surface area (Å²) in [5, 5.41) is 0.669. The number of rotatable bonds is 5. The lowest BCUT2D eigenvalue weighted by Crippen LogP contribution is -2.32. The monoisotopic (exact) mass is 306 g/mol. The van der Waals surface area contributed by atoms with E-state index in [9.17, 15) is 0 Å². The molecule has 0 heterocycles. The number of halogens is 2. The zero-order chi connectivity index (χ0) is 12.1. The molecule has 0 saturated carbocycles. The van der Waals surface area contributed by atoms with E-state index in [1.165, 1.54) is 0 Å². The maximum absolute atomic E-state index is 6.02. The molecule has 0 aromatic heterocycles. The fourth-order valence-electron chi connectivity index (χ4n) is 1.26. The van der Waals surface area contributed by atoms with Crippen LogP contribution in [0.5, 0.6) is 0 Å². The molecular weight excluding hydrogens is 291 g/mol. The molecule has 0 amide bonds. The lowest BCUT2D eigenvalue weighted by atomic mass is 10.1. The molecule has 0 aliphatic carbocycles. The van der Waals surface area contributed by atoms with Crippen LogP contribution in [-0.4, -0.2) is 12.7 Å². The second-order valence-electron chi connectivity index (χ2n) is 3.77. The van der Waals surface area contributed by atoms with E-state index in [-0.39, 0.29) is 12.1 Å². The van der Waals surface area contributed by atoms with Gasteiger partial charge in [-0.25, -0.2) is 0 Å². The first-order valence-electron chi connectivity index (χ1n) is 5.07. The summed E-state index contributed by atoms with van der Waals surface area (Å²) >= 11 is 9.37. The van der Waals surface area contributed by atoms with Crippen molar-refractivity contribution in [2.75, 3.05) is 6.61 Å². The van der Waals surface area contributed by atoms with Crippen molar-refractivity contribution >= 4 is 27.5 Å². The average molecular weight is 308 g/mol. The largest absolute Gasteiger partial charge is 0.377 e. The van der Waals surface area contributed by atoms with E-state index >= 15 is 0 Å². The molecule has 0 aliphatic rings. The van der Waals surface area contributed by atoms with Gasteiger partial charge in [-0.2, -0.15) is 0 Å². The number of nitrogens with one attached hydrogen (secondary N) is 1. The van der Waals surface area contributed by atoms with Gasteiger partial charge in [0.15, 0.2) is 0 Å². The minimum Gasteiger partial charge on any atom is -0.377 e. The lowest BCUT2D eigenvalue weighted by Gasteiger charge is -2.18. The van der Waals surface area contributed by atoms with Gasteiger partial charge in [-0.15, -0.1) is 0 Å². The SMILES string of the molecule is CC(C)OCC(NN)c1ccc(Br)c(Cl)c1. The molecule has 0 spiro atoms. The molecule has 0 fully saturated rings. The fraction of sp³-hybridized carbons (Fsp3) is 0.455. The maximum Gasteiger partial charge on any atom is 0.0694 e. The lowest BCUT2D eigenvalue weighted by molar-refractivity contribution is 0.0611. The summed E-state index contributed by atoms with van der Waals surface area (Å²) in [7, 11) is 0. The van der Waals surface area contributed by atoms with Crippen LogP contribution in [0.2, 0.25) is 5.02 Å². The van der Waals surface area contributed by atoms with Crippen LogP contribution in [0.15, 0.2) is 22.7 Å². The Balaban J connectivity index is 2.74. The summed E-state index contributed by atoms with van der Waals surface area (Å²) in [6.45, 7) is 4.50.